The van der Waals surface area contributed by atoms with Gasteiger partial charge in [0.05, 0.1) is 30.0 Å². The van der Waals surface area contributed by atoms with Crippen molar-refractivity contribution in [3.05, 3.63) is 35.2 Å². The lowest BCUT2D eigenvalue weighted by Gasteiger charge is -2.24. The fourth-order valence-electron chi connectivity index (χ4n) is 3.62. The number of hydrogen-bond acceptors (Lipinski definition) is 4. The second-order valence-corrected chi connectivity index (χ2v) is 6.34. The van der Waals surface area contributed by atoms with E-state index in [1.807, 2.05) is 0 Å². The minimum absolute atomic E-state index is 0.622. The normalized spacial score (nSPS) is 20.6. The molecule has 1 fully saturated rings. The van der Waals surface area contributed by atoms with Crippen molar-refractivity contribution >= 4 is 0 Å². The zero-order valence-electron chi connectivity index (χ0n) is 12.3. The Morgan fingerprint density at radius 3 is 3.10 bits per heavy atom. The summed E-state index contributed by atoms with van der Waals surface area (Å²) in [6.45, 7) is 2.81. The molecular formula is C16H22N4O. The molecule has 0 atom stereocenters. The molecule has 2 aromatic rings. The summed E-state index contributed by atoms with van der Waals surface area (Å²) in [5, 5.41) is 4.32. The van der Waals surface area contributed by atoms with Gasteiger partial charge in [-0.05, 0) is 12.8 Å². The van der Waals surface area contributed by atoms with E-state index in [1.54, 1.807) is 6.33 Å². The van der Waals surface area contributed by atoms with Crippen LogP contribution in [0.25, 0.3) is 0 Å². The van der Waals surface area contributed by atoms with Crippen LogP contribution < -0.4 is 0 Å². The van der Waals surface area contributed by atoms with Gasteiger partial charge in [0, 0.05) is 31.5 Å². The molecule has 0 spiro atoms. The van der Waals surface area contributed by atoms with Crippen LogP contribution in [-0.4, -0.2) is 26.6 Å². The maximum Gasteiger partial charge on any atom is 0.150 e. The Hall–Kier alpha value is -1.62. The molecule has 1 saturated carbocycles. The van der Waals surface area contributed by atoms with Crippen LogP contribution >= 0.6 is 0 Å². The van der Waals surface area contributed by atoms with Crippen LogP contribution in [0, 0.1) is 0 Å². The van der Waals surface area contributed by atoms with E-state index in [4.69, 9.17) is 4.52 Å². The molecule has 3 heterocycles. The van der Waals surface area contributed by atoms with E-state index in [0.717, 1.165) is 31.8 Å². The molecule has 0 radical (unpaired) electrons. The first kappa shape index (κ1) is 13.1. The van der Waals surface area contributed by atoms with E-state index in [-0.39, 0.29) is 0 Å². The highest BCUT2D eigenvalue weighted by atomic mass is 16.5. The standard InChI is InChI=1S/C16H22N4O/c1-2-4-12(5-3-1)15-8-13(21-19-15)9-20-7-6-14-16(10-20)18-11-17-14/h8,11-12H,1-7,9-10H2,(H,17,18). The molecule has 0 bridgehead atoms. The van der Waals surface area contributed by atoms with E-state index in [9.17, 15) is 0 Å². The van der Waals surface area contributed by atoms with Crippen molar-refractivity contribution in [1.82, 2.24) is 20.0 Å². The largest absolute Gasteiger partial charge is 0.360 e. The molecule has 1 aliphatic carbocycles. The summed E-state index contributed by atoms with van der Waals surface area (Å²) < 4.78 is 5.57. The van der Waals surface area contributed by atoms with Gasteiger partial charge in [0.15, 0.2) is 5.76 Å². The number of fused-ring (bicyclic) bond motifs is 1. The third kappa shape index (κ3) is 2.75. The Kier molecular flexibility index (Phi) is 3.51. The van der Waals surface area contributed by atoms with Gasteiger partial charge >= 0.3 is 0 Å². The monoisotopic (exact) mass is 286 g/mol. The maximum absolute atomic E-state index is 5.57. The first-order valence-corrected chi connectivity index (χ1v) is 8.07. The van der Waals surface area contributed by atoms with E-state index in [0.29, 0.717) is 5.92 Å². The average Bonchev–Trinajstić information content (AvgIpc) is 3.17. The summed E-state index contributed by atoms with van der Waals surface area (Å²) in [5.41, 5.74) is 3.63. The van der Waals surface area contributed by atoms with Gasteiger partial charge < -0.3 is 9.51 Å². The molecule has 21 heavy (non-hydrogen) atoms. The quantitative estimate of drug-likeness (QED) is 0.942. The Morgan fingerprint density at radius 1 is 1.29 bits per heavy atom. The van der Waals surface area contributed by atoms with Gasteiger partial charge in [-0.2, -0.15) is 0 Å². The summed E-state index contributed by atoms with van der Waals surface area (Å²) in [6, 6.07) is 2.18. The third-order valence-corrected chi connectivity index (χ3v) is 4.83. The van der Waals surface area contributed by atoms with Crippen LogP contribution in [0.15, 0.2) is 16.9 Å². The fraction of sp³-hybridized carbons (Fsp3) is 0.625. The number of hydrogen-bond donors (Lipinski definition) is 1. The van der Waals surface area contributed by atoms with Crippen LogP contribution in [-0.2, 0) is 19.5 Å². The molecule has 4 rings (SSSR count). The molecule has 2 aliphatic rings. The van der Waals surface area contributed by atoms with Gasteiger partial charge in [-0.1, -0.05) is 24.4 Å². The minimum atomic E-state index is 0.622. The van der Waals surface area contributed by atoms with Gasteiger partial charge in [-0.3, -0.25) is 4.90 Å². The van der Waals surface area contributed by atoms with E-state index >= 15 is 0 Å². The van der Waals surface area contributed by atoms with Crippen LogP contribution in [0.3, 0.4) is 0 Å². The number of nitrogens with zero attached hydrogens (tertiary/aromatic N) is 3. The van der Waals surface area contributed by atoms with Gasteiger partial charge in [0.2, 0.25) is 0 Å². The van der Waals surface area contributed by atoms with Crippen molar-refractivity contribution in [3.63, 3.8) is 0 Å². The Bertz CT molecular complexity index is 597. The Balaban J connectivity index is 1.40. The molecular weight excluding hydrogens is 264 g/mol. The van der Waals surface area contributed by atoms with Crippen LogP contribution in [0.2, 0.25) is 0 Å². The number of H-pyrrole nitrogens is 1. The molecule has 0 saturated heterocycles. The highest BCUT2D eigenvalue weighted by molar-refractivity contribution is 5.16. The molecule has 0 unspecified atom stereocenters. The van der Waals surface area contributed by atoms with Gasteiger partial charge in [0.25, 0.3) is 0 Å². The first-order chi connectivity index (χ1) is 10.4. The van der Waals surface area contributed by atoms with Crippen molar-refractivity contribution in [1.29, 1.82) is 0 Å². The fourth-order valence-corrected chi connectivity index (χ4v) is 3.62. The zero-order chi connectivity index (χ0) is 14.1. The zero-order valence-corrected chi connectivity index (χ0v) is 12.3. The summed E-state index contributed by atoms with van der Waals surface area (Å²) in [7, 11) is 0. The lowest BCUT2D eigenvalue weighted by molar-refractivity contribution is 0.211. The minimum Gasteiger partial charge on any atom is -0.360 e. The SMILES string of the molecule is c1nc2c([nH]1)CN(Cc1cc(C3CCCCC3)no1)CC2. The average molecular weight is 286 g/mol. The number of rotatable bonds is 3. The van der Waals surface area contributed by atoms with Crippen molar-refractivity contribution < 1.29 is 4.52 Å². The Morgan fingerprint density at radius 2 is 2.19 bits per heavy atom. The molecule has 0 aromatic carbocycles. The van der Waals surface area contributed by atoms with Crippen LogP contribution in [0.5, 0.6) is 0 Å². The van der Waals surface area contributed by atoms with Gasteiger partial charge in [0.1, 0.15) is 0 Å². The number of imidazole rings is 1. The van der Waals surface area contributed by atoms with Crippen molar-refractivity contribution in [3.8, 4) is 0 Å². The van der Waals surface area contributed by atoms with Crippen LogP contribution in [0.4, 0.5) is 0 Å². The summed E-state index contributed by atoms with van der Waals surface area (Å²) >= 11 is 0. The summed E-state index contributed by atoms with van der Waals surface area (Å²) in [5.74, 6) is 1.62. The predicted molar refractivity (Wildman–Crippen MR) is 78.7 cm³/mol. The maximum atomic E-state index is 5.57. The molecule has 5 heteroatoms. The number of nitrogens with one attached hydrogen (secondary N) is 1. The van der Waals surface area contributed by atoms with Crippen LogP contribution in [0.1, 0.15) is 60.9 Å². The van der Waals surface area contributed by atoms with E-state index in [2.05, 4.69) is 26.1 Å². The second-order valence-electron chi connectivity index (χ2n) is 6.34. The van der Waals surface area contributed by atoms with Crippen molar-refractivity contribution in [2.45, 2.75) is 57.5 Å². The van der Waals surface area contributed by atoms with E-state index < -0.39 is 0 Å². The molecule has 5 nitrogen and oxygen atoms in total. The predicted octanol–water partition coefficient (Wildman–Crippen LogP) is 3.00. The Labute approximate surface area is 124 Å². The first-order valence-electron chi connectivity index (χ1n) is 8.07. The highest BCUT2D eigenvalue weighted by Gasteiger charge is 2.22. The molecule has 1 N–H and O–H groups in total. The smallest absolute Gasteiger partial charge is 0.150 e. The van der Waals surface area contributed by atoms with Crippen molar-refractivity contribution in [2.24, 2.45) is 0 Å². The van der Waals surface area contributed by atoms with Crippen molar-refractivity contribution in [2.75, 3.05) is 6.54 Å². The third-order valence-electron chi connectivity index (χ3n) is 4.83. The molecule has 1 aliphatic heterocycles. The number of aromatic amines is 1. The topological polar surface area (TPSA) is 58.0 Å². The van der Waals surface area contributed by atoms with Gasteiger partial charge in [-0.25, -0.2) is 4.98 Å². The van der Waals surface area contributed by atoms with Gasteiger partial charge in [-0.15, -0.1) is 0 Å². The van der Waals surface area contributed by atoms with E-state index in [1.165, 1.54) is 49.2 Å². The molecule has 112 valence electrons. The molecule has 0 amide bonds. The highest BCUT2D eigenvalue weighted by Crippen LogP contribution is 2.32. The second kappa shape index (κ2) is 5.64. The molecule has 2 aromatic heterocycles. The summed E-state index contributed by atoms with van der Waals surface area (Å²) in [6.07, 6.45) is 9.40. The number of aromatic nitrogens is 3. The lowest BCUT2D eigenvalue weighted by atomic mass is 9.87. The summed E-state index contributed by atoms with van der Waals surface area (Å²) in [4.78, 5) is 9.97. The lowest BCUT2D eigenvalue weighted by Crippen LogP contribution is -2.29.